The van der Waals surface area contributed by atoms with E-state index in [0.717, 1.165) is 30.6 Å². The van der Waals surface area contributed by atoms with Gasteiger partial charge < -0.3 is 10.1 Å². The Labute approximate surface area is 95.8 Å². The molecule has 3 heteroatoms. The molecule has 2 rings (SSSR count). The lowest BCUT2D eigenvalue weighted by Crippen LogP contribution is -2.48. The SMILES string of the molecule is CNC(=O)C1(c2ccc(OC)cc2)CCC1. The number of carbonyl (C=O) groups excluding carboxylic acids is 1. The number of hydrogen-bond acceptors (Lipinski definition) is 2. The fourth-order valence-corrected chi connectivity index (χ4v) is 2.33. The van der Waals surface area contributed by atoms with Crippen molar-refractivity contribution < 1.29 is 9.53 Å². The summed E-state index contributed by atoms with van der Waals surface area (Å²) in [5.74, 6) is 0.957. The van der Waals surface area contributed by atoms with Crippen LogP contribution in [0.4, 0.5) is 0 Å². The van der Waals surface area contributed by atoms with Crippen molar-refractivity contribution in [1.29, 1.82) is 0 Å². The van der Waals surface area contributed by atoms with Crippen molar-refractivity contribution in [3.63, 3.8) is 0 Å². The number of carbonyl (C=O) groups is 1. The molecule has 0 aliphatic heterocycles. The molecule has 1 saturated carbocycles. The Kier molecular flexibility index (Phi) is 2.86. The third kappa shape index (κ3) is 1.56. The predicted octanol–water partition coefficient (Wildman–Crippen LogP) is 1.86. The standard InChI is InChI=1S/C13H17NO2/c1-14-12(15)13(8-3-9-13)10-4-6-11(16-2)7-5-10/h4-7H,3,8-9H2,1-2H3,(H,14,15). The van der Waals surface area contributed by atoms with Gasteiger partial charge in [0.2, 0.25) is 5.91 Å². The van der Waals surface area contributed by atoms with Crippen LogP contribution in [0.1, 0.15) is 24.8 Å². The first-order valence-corrected chi connectivity index (χ1v) is 5.59. The van der Waals surface area contributed by atoms with Crippen LogP contribution in [-0.4, -0.2) is 20.1 Å². The molecule has 0 saturated heterocycles. The number of methoxy groups -OCH3 is 1. The summed E-state index contributed by atoms with van der Waals surface area (Å²) in [4.78, 5) is 11.9. The van der Waals surface area contributed by atoms with Crippen LogP contribution in [0, 0.1) is 0 Å². The van der Waals surface area contributed by atoms with E-state index in [9.17, 15) is 4.79 Å². The fraction of sp³-hybridized carbons (Fsp3) is 0.462. The number of hydrogen-bond donors (Lipinski definition) is 1. The maximum Gasteiger partial charge on any atom is 0.230 e. The van der Waals surface area contributed by atoms with Crippen LogP contribution in [0.3, 0.4) is 0 Å². The highest BCUT2D eigenvalue weighted by molar-refractivity contribution is 5.89. The molecular formula is C13H17NO2. The largest absolute Gasteiger partial charge is 0.497 e. The Morgan fingerprint density at radius 3 is 2.31 bits per heavy atom. The van der Waals surface area contributed by atoms with E-state index in [1.165, 1.54) is 0 Å². The highest BCUT2D eigenvalue weighted by atomic mass is 16.5. The van der Waals surface area contributed by atoms with Crippen molar-refractivity contribution in [2.24, 2.45) is 0 Å². The molecular weight excluding hydrogens is 202 g/mol. The van der Waals surface area contributed by atoms with E-state index in [-0.39, 0.29) is 11.3 Å². The number of likely N-dealkylation sites (N-methyl/N-ethyl adjacent to an activating group) is 1. The van der Waals surface area contributed by atoms with Gasteiger partial charge in [-0.3, -0.25) is 4.79 Å². The number of benzene rings is 1. The van der Waals surface area contributed by atoms with Crippen molar-refractivity contribution in [2.45, 2.75) is 24.7 Å². The highest BCUT2D eigenvalue weighted by Crippen LogP contribution is 2.44. The van der Waals surface area contributed by atoms with Crippen molar-refractivity contribution in [2.75, 3.05) is 14.2 Å². The molecule has 0 spiro atoms. The Bertz CT molecular complexity index is 379. The molecule has 1 aromatic carbocycles. The van der Waals surface area contributed by atoms with Gasteiger partial charge in [0.15, 0.2) is 0 Å². The number of rotatable bonds is 3. The van der Waals surface area contributed by atoms with Crippen LogP contribution >= 0.6 is 0 Å². The summed E-state index contributed by atoms with van der Waals surface area (Å²) in [6.45, 7) is 0. The minimum absolute atomic E-state index is 0.129. The zero-order valence-electron chi connectivity index (χ0n) is 9.75. The molecule has 0 unspecified atom stereocenters. The zero-order valence-corrected chi connectivity index (χ0v) is 9.75. The van der Waals surface area contributed by atoms with E-state index in [2.05, 4.69) is 5.32 Å². The van der Waals surface area contributed by atoms with Crippen LogP contribution in [-0.2, 0) is 10.2 Å². The van der Waals surface area contributed by atoms with Crippen molar-refractivity contribution in [1.82, 2.24) is 5.32 Å². The summed E-state index contributed by atoms with van der Waals surface area (Å²) >= 11 is 0. The lowest BCUT2D eigenvalue weighted by atomic mass is 9.64. The van der Waals surface area contributed by atoms with Gasteiger partial charge in [0, 0.05) is 7.05 Å². The lowest BCUT2D eigenvalue weighted by Gasteiger charge is -2.40. The molecule has 1 fully saturated rings. The molecule has 1 aromatic rings. The second-order valence-electron chi connectivity index (χ2n) is 4.24. The maximum atomic E-state index is 11.9. The molecule has 1 aliphatic carbocycles. The van der Waals surface area contributed by atoms with E-state index in [4.69, 9.17) is 4.74 Å². The summed E-state index contributed by atoms with van der Waals surface area (Å²) < 4.78 is 5.12. The number of amides is 1. The molecule has 3 nitrogen and oxygen atoms in total. The Hall–Kier alpha value is -1.51. The van der Waals surface area contributed by atoms with E-state index >= 15 is 0 Å². The van der Waals surface area contributed by atoms with Gasteiger partial charge >= 0.3 is 0 Å². The summed E-state index contributed by atoms with van der Waals surface area (Å²) in [6, 6.07) is 7.82. The van der Waals surface area contributed by atoms with Crippen molar-refractivity contribution >= 4 is 5.91 Å². The molecule has 1 amide bonds. The second kappa shape index (κ2) is 4.16. The molecule has 0 aromatic heterocycles. The highest BCUT2D eigenvalue weighted by Gasteiger charge is 2.44. The molecule has 0 atom stereocenters. The van der Waals surface area contributed by atoms with E-state index in [1.807, 2.05) is 24.3 Å². The number of nitrogens with one attached hydrogen (secondary N) is 1. The average molecular weight is 219 g/mol. The molecule has 0 heterocycles. The fourth-order valence-electron chi connectivity index (χ4n) is 2.33. The first-order valence-electron chi connectivity index (χ1n) is 5.59. The van der Waals surface area contributed by atoms with Crippen LogP contribution in [0.25, 0.3) is 0 Å². The molecule has 1 N–H and O–H groups in total. The van der Waals surface area contributed by atoms with Crippen molar-refractivity contribution in [3.8, 4) is 5.75 Å². The van der Waals surface area contributed by atoms with Gasteiger partial charge in [-0.15, -0.1) is 0 Å². The van der Waals surface area contributed by atoms with Crippen molar-refractivity contribution in [3.05, 3.63) is 29.8 Å². The van der Waals surface area contributed by atoms with E-state index < -0.39 is 0 Å². The van der Waals surface area contributed by atoms with Gasteiger partial charge in [0.25, 0.3) is 0 Å². The monoisotopic (exact) mass is 219 g/mol. The molecule has 86 valence electrons. The van der Waals surface area contributed by atoms with Gasteiger partial charge in [0.1, 0.15) is 5.75 Å². The predicted molar refractivity (Wildman–Crippen MR) is 62.6 cm³/mol. The van der Waals surface area contributed by atoms with Crippen LogP contribution in [0.5, 0.6) is 5.75 Å². The molecule has 16 heavy (non-hydrogen) atoms. The summed E-state index contributed by atoms with van der Waals surface area (Å²) in [7, 11) is 3.35. The smallest absolute Gasteiger partial charge is 0.230 e. The van der Waals surface area contributed by atoms with Gasteiger partial charge in [-0.1, -0.05) is 18.6 Å². The van der Waals surface area contributed by atoms with Crippen LogP contribution in [0.2, 0.25) is 0 Å². The Balaban J connectivity index is 2.30. The van der Waals surface area contributed by atoms with Crippen LogP contribution in [0.15, 0.2) is 24.3 Å². The van der Waals surface area contributed by atoms with Gasteiger partial charge in [-0.05, 0) is 30.5 Å². The summed E-state index contributed by atoms with van der Waals surface area (Å²) in [6.07, 6.45) is 3.01. The first-order chi connectivity index (χ1) is 7.73. The van der Waals surface area contributed by atoms with E-state index in [0.29, 0.717) is 0 Å². The Morgan fingerprint density at radius 1 is 1.31 bits per heavy atom. The molecule has 0 bridgehead atoms. The second-order valence-corrected chi connectivity index (χ2v) is 4.24. The minimum atomic E-state index is -0.291. The summed E-state index contributed by atoms with van der Waals surface area (Å²) in [5.41, 5.74) is 0.806. The average Bonchev–Trinajstić information content (AvgIpc) is 2.28. The van der Waals surface area contributed by atoms with Gasteiger partial charge in [-0.25, -0.2) is 0 Å². The maximum absolute atomic E-state index is 11.9. The first kappa shape index (κ1) is 11.0. The van der Waals surface area contributed by atoms with Gasteiger partial charge in [-0.2, -0.15) is 0 Å². The quantitative estimate of drug-likeness (QED) is 0.842. The Morgan fingerprint density at radius 2 is 1.94 bits per heavy atom. The third-order valence-electron chi connectivity index (χ3n) is 3.51. The zero-order chi connectivity index (χ0) is 11.6. The summed E-state index contributed by atoms with van der Waals surface area (Å²) in [5, 5.41) is 2.76. The third-order valence-corrected chi connectivity index (χ3v) is 3.51. The topological polar surface area (TPSA) is 38.3 Å². The molecule has 1 aliphatic rings. The normalized spacial score (nSPS) is 17.4. The van der Waals surface area contributed by atoms with E-state index in [1.54, 1.807) is 14.2 Å². The molecule has 0 radical (unpaired) electrons. The van der Waals surface area contributed by atoms with Crippen LogP contribution < -0.4 is 10.1 Å². The minimum Gasteiger partial charge on any atom is -0.497 e. The van der Waals surface area contributed by atoms with Gasteiger partial charge in [0.05, 0.1) is 12.5 Å². The number of ether oxygens (including phenoxy) is 1. The lowest BCUT2D eigenvalue weighted by molar-refractivity contribution is -0.129.